The average Bonchev–Trinajstić information content (AvgIpc) is 2.89. The molecule has 7 nitrogen and oxygen atoms in total. The third kappa shape index (κ3) is 4.06. The Morgan fingerprint density at radius 1 is 1.11 bits per heavy atom. The summed E-state index contributed by atoms with van der Waals surface area (Å²) in [5, 5.41) is 2.65. The van der Waals surface area contributed by atoms with E-state index < -0.39 is 17.7 Å². The van der Waals surface area contributed by atoms with Crippen molar-refractivity contribution in [1.29, 1.82) is 0 Å². The zero-order valence-electron chi connectivity index (χ0n) is 14.3. The molecule has 0 spiro atoms. The van der Waals surface area contributed by atoms with E-state index in [1.807, 2.05) is 12.1 Å². The zero-order valence-corrected chi connectivity index (χ0v) is 15.9. The molecule has 0 saturated carbocycles. The maximum absolute atomic E-state index is 12.2. The van der Waals surface area contributed by atoms with E-state index in [0.717, 1.165) is 14.9 Å². The smallest absolute Gasteiger partial charge is 0.262 e. The van der Waals surface area contributed by atoms with Gasteiger partial charge in [0.2, 0.25) is 5.91 Å². The van der Waals surface area contributed by atoms with Gasteiger partial charge < -0.3 is 11.1 Å². The first-order valence-electron chi connectivity index (χ1n) is 8.25. The summed E-state index contributed by atoms with van der Waals surface area (Å²) in [4.78, 5) is 41.7. The Kier molecular flexibility index (Phi) is 5.66. The number of fused-ring (bicyclic) bond motifs is 1. The Labute approximate surface area is 164 Å². The van der Waals surface area contributed by atoms with Gasteiger partial charge >= 0.3 is 0 Å². The molecule has 3 N–H and O–H groups in total. The molecule has 0 aliphatic carbocycles. The summed E-state index contributed by atoms with van der Waals surface area (Å²) in [6.07, 6.45) is 1.63. The van der Waals surface area contributed by atoms with Gasteiger partial charge in [-0.2, -0.15) is 0 Å². The van der Waals surface area contributed by atoms with Crippen LogP contribution in [0.25, 0.3) is 0 Å². The van der Waals surface area contributed by atoms with Crippen LogP contribution in [-0.4, -0.2) is 48.5 Å². The van der Waals surface area contributed by atoms with E-state index in [9.17, 15) is 14.4 Å². The highest BCUT2D eigenvalue weighted by Gasteiger charge is 2.36. The van der Waals surface area contributed by atoms with Crippen molar-refractivity contribution in [3.63, 3.8) is 0 Å². The highest BCUT2D eigenvalue weighted by molar-refractivity contribution is 9.10. The number of benzene rings is 2. The molecular formula is C19H17BrN4O3. The number of hydrogen-bond donors (Lipinski definition) is 2. The summed E-state index contributed by atoms with van der Waals surface area (Å²) in [6.45, 7) is 0.310. The summed E-state index contributed by atoms with van der Waals surface area (Å²) in [7, 11) is 0. The number of nitrogens with one attached hydrogen (secondary N) is 1. The second-order valence-electron chi connectivity index (χ2n) is 5.87. The number of rotatable bonds is 6. The molecule has 0 saturated heterocycles. The lowest BCUT2D eigenvalue weighted by Gasteiger charge is -2.13. The molecule has 0 atom stereocenters. The first kappa shape index (κ1) is 18.8. The van der Waals surface area contributed by atoms with Crippen LogP contribution in [-0.2, 0) is 4.79 Å². The molecular weight excluding hydrogens is 412 g/mol. The van der Waals surface area contributed by atoms with E-state index >= 15 is 0 Å². The second kappa shape index (κ2) is 8.13. The quantitative estimate of drug-likeness (QED) is 0.317. The molecule has 3 amide bonds. The maximum atomic E-state index is 12.2. The minimum atomic E-state index is -0.451. The van der Waals surface area contributed by atoms with Gasteiger partial charge in [0.05, 0.1) is 17.7 Å². The average molecular weight is 429 g/mol. The zero-order chi connectivity index (χ0) is 19.4. The lowest BCUT2D eigenvalue weighted by molar-refractivity contribution is -0.121. The number of imide groups is 1. The van der Waals surface area contributed by atoms with Crippen LogP contribution in [0.3, 0.4) is 0 Å². The fourth-order valence-electron chi connectivity index (χ4n) is 2.69. The van der Waals surface area contributed by atoms with Gasteiger partial charge in [-0.15, -0.1) is 0 Å². The van der Waals surface area contributed by atoms with Gasteiger partial charge in [-0.05, 0) is 24.3 Å². The minimum absolute atomic E-state index is 0.281. The van der Waals surface area contributed by atoms with Crippen LogP contribution < -0.4 is 11.1 Å². The number of hydrogen-bond acceptors (Lipinski definition) is 5. The van der Waals surface area contributed by atoms with Crippen molar-refractivity contribution in [2.75, 3.05) is 25.4 Å². The molecule has 0 aromatic heterocycles. The number of anilines is 1. The molecule has 2 aromatic carbocycles. The number of nitrogen functional groups attached to an aromatic ring is 1. The van der Waals surface area contributed by atoms with E-state index in [4.69, 9.17) is 5.73 Å². The molecule has 3 rings (SSSR count). The number of nitrogens with zero attached hydrogens (tertiary/aromatic N) is 2. The number of nitrogens with two attached hydrogens (primary N) is 1. The largest absolute Gasteiger partial charge is 0.398 e. The van der Waals surface area contributed by atoms with Gasteiger partial charge in [0, 0.05) is 28.5 Å². The van der Waals surface area contributed by atoms with Crippen molar-refractivity contribution in [3.8, 4) is 0 Å². The molecule has 0 bridgehead atoms. The van der Waals surface area contributed by atoms with E-state index in [-0.39, 0.29) is 13.1 Å². The van der Waals surface area contributed by atoms with Crippen LogP contribution in [0.15, 0.2) is 51.9 Å². The van der Waals surface area contributed by atoms with Crippen molar-refractivity contribution in [2.24, 2.45) is 4.99 Å². The molecule has 0 fully saturated rings. The fraction of sp³-hybridized carbons (Fsp3) is 0.158. The molecule has 1 aliphatic heterocycles. The summed E-state index contributed by atoms with van der Waals surface area (Å²) in [5.74, 6) is -1.32. The molecule has 138 valence electrons. The van der Waals surface area contributed by atoms with Gasteiger partial charge in [0.15, 0.2) is 0 Å². The van der Waals surface area contributed by atoms with Crippen LogP contribution in [0, 0.1) is 0 Å². The molecule has 8 heteroatoms. The van der Waals surface area contributed by atoms with Gasteiger partial charge in [-0.1, -0.05) is 34.1 Å². The molecule has 0 radical (unpaired) electrons. The second-order valence-corrected chi connectivity index (χ2v) is 6.72. The molecule has 27 heavy (non-hydrogen) atoms. The van der Waals surface area contributed by atoms with Gasteiger partial charge in [-0.25, -0.2) is 0 Å². The van der Waals surface area contributed by atoms with E-state index in [2.05, 4.69) is 26.2 Å². The highest BCUT2D eigenvalue weighted by Crippen LogP contribution is 2.22. The topological polar surface area (TPSA) is 105 Å². The first-order valence-corrected chi connectivity index (χ1v) is 9.04. The number of carbonyl (C=O) groups excluding carboxylic acids is 3. The predicted molar refractivity (Wildman–Crippen MR) is 106 cm³/mol. The number of amides is 3. The van der Waals surface area contributed by atoms with E-state index in [1.54, 1.807) is 36.5 Å². The van der Waals surface area contributed by atoms with Crippen LogP contribution in [0.1, 0.15) is 26.3 Å². The van der Waals surface area contributed by atoms with Crippen molar-refractivity contribution < 1.29 is 14.4 Å². The Morgan fingerprint density at radius 3 is 2.41 bits per heavy atom. The number of aliphatic imine (C=N–C) groups is 1. The Balaban J connectivity index is 1.49. The van der Waals surface area contributed by atoms with Gasteiger partial charge in [-0.3, -0.25) is 24.3 Å². The molecule has 2 aromatic rings. The van der Waals surface area contributed by atoms with Crippen LogP contribution >= 0.6 is 15.9 Å². The fourth-order valence-corrected chi connectivity index (χ4v) is 3.17. The molecule has 0 unspecified atom stereocenters. The van der Waals surface area contributed by atoms with Crippen LogP contribution in [0.5, 0.6) is 0 Å². The highest BCUT2D eigenvalue weighted by atomic mass is 79.9. The molecule has 1 aliphatic rings. The van der Waals surface area contributed by atoms with Crippen molar-refractivity contribution in [1.82, 2.24) is 10.2 Å². The third-order valence-electron chi connectivity index (χ3n) is 4.05. The lowest BCUT2D eigenvalue weighted by Crippen LogP contribution is -2.41. The maximum Gasteiger partial charge on any atom is 0.262 e. The Morgan fingerprint density at radius 2 is 1.78 bits per heavy atom. The van der Waals surface area contributed by atoms with Crippen molar-refractivity contribution >= 4 is 45.6 Å². The van der Waals surface area contributed by atoms with Gasteiger partial charge in [0.1, 0.15) is 6.54 Å². The monoisotopic (exact) mass is 428 g/mol. The van der Waals surface area contributed by atoms with E-state index in [1.165, 1.54) is 0 Å². The van der Waals surface area contributed by atoms with E-state index in [0.29, 0.717) is 23.4 Å². The minimum Gasteiger partial charge on any atom is -0.398 e. The van der Waals surface area contributed by atoms with Crippen molar-refractivity contribution in [2.45, 2.75) is 0 Å². The Hall–Kier alpha value is -3.00. The summed E-state index contributed by atoms with van der Waals surface area (Å²) in [6, 6.07) is 12.0. The first-order chi connectivity index (χ1) is 13.0. The summed E-state index contributed by atoms with van der Waals surface area (Å²) >= 11 is 3.40. The normalized spacial score (nSPS) is 13.3. The van der Waals surface area contributed by atoms with Crippen molar-refractivity contribution in [3.05, 3.63) is 63.6 Å². The SMILES string of the molecule is Nc1cccc(Br)c1C=NCCNC(=O)CN1C(=O)c2ccccc2C1=O. The summed E-state index contributed by atoms with van der Waals surface area (Å²) < 4.78 is 0.834. The molecule has 1 heterocycles. The third-order valence-corrected chi connectivity index (χ3v) is 4.74. The number of halogens is 1. The summed E-state index contributed by atoms with van der Waals surface area (Å²) in [5.41, 5.74) is 7.90. The van der Waals surface area contributed by atoms with Gasteiger partial charge in [0.25, 0.3) is 11.8 Å². The van der Waals surface area contributed by atoms with Crippen LogP contribution in [0.4, 0.5) is 5.69 Å². The Bertz CT molecular complexity index is 887. The predicted octanol–water partition coefficient (Wildman–Crippen LogP) is 1.86. The lowest BCUT2D eigenvalue weighted by atomic mass is 10.1. The standard InChI is InChI=1S/C19H17BrN4O3/c20-15-6-3-7-16(21)14(15)10-22-8-9-23-17(25)11-24-18(26)12-4-1-2-5-13(12)19(24)27/h1-7,10H,8-9,11,21H2,(H,23,25). The van der Waals surface area contributed by atoms with Crippen LogP contribution in [0.2, 0.25) is 0 Å². The number of carbonyl (C=O) groups is 3.